The van der Waals surface area contributed by atoms with Gasteiger partial charge < -0.3 is 9.42 Å². The Balaban J connectivity index is 1.86. The van der Waals surface area contributed by atoms with Crippen LogP contribution in [0.5, 0.6) is 0 Å². The quantitative estimate of drug-likeness (QED) is 0.772. The smallest absolute Gasteiger partial charge is 0.335 e. The Kier molecular flexibility index (Phi) is 4.49. The molecule has 128 valence electrons. The first-order valence-corrected chi connectivity index (χ1v) is 8.20. The van der Waals surface area contributed by atoms with Crippen molar-refractivity contribution in [1.29, 1.82) is 0 Å². The van der Waals surface area contributed by atoms with Gasteiger partial charge in [0.25, 0.3) is 5.91 Å². The lowest BCUT2D eigenvalue weighted by molar-refractivity contribution is -0.0517. The fourth-order valence-corrected chi connectivity index (χ4v) is 3.54. The van der Waals surface area contributed by atoms with Crippen LogP contribution in [0.2, 0.25) is 0 Å². The fourth-order valence-electron chi connectivity index (χ4n) is 2.53. The molecule has 0 spiro atoms. The van der Waals surface area contributed by atoms with E-state index in [1.807, 2.05) is 12.2 Å². The van der Waals surface area contributed by atoms with E-state index in [9.17, 15) is 18.0 Å². The van der Waals surface area contributed by atoms with Gasteiger partial charge in [0, 0.05) is 18.7 Å². The SMILES string of the molecule is Cc1c(-c2ccc(C(=O)N3CC=CCC3)s2)noc1C(F)(F)CF. The zero-order valence-electron chi connectivity index (χ0n) is 12.9. The molecule has 1 aliphatic rings. The van der Waals surface area contributed by atoms with E-state index in [0.29, 0.717) is 22.8 Å². The Labute approximate surface area is 140 Å². The van der Waals surface area contributed by atoms with Crippen molar-refractivity contribution in [2.24, 2.45) is 0 Å². The van der Waals surface area contributed by atoms with Crippen molar-refractivity contribution in [2.75, 3.05) is 19.8 Å². The van der Waals surface area contributed by atoms with Crippen LogP contribution in [0.4, 0.5) is 13.2 Å². The number of carbonyl (C=O) groups excluding carboxylic acids is 1. The van der Waals surface area contributed by atoms with Crippen LogP contribution < -0.4 is 0 Å². The normalized spacial score (nSPS) is 15.1. The van der Waals surface area contributed by atoms with Crippen molar-refractivity contribution in [2.45, 2.75) is 19.3 Å². The second-order valence-electron chi connectivity index (χ2n) is 5.50. The van der Waals surface area contributed by atoms with Crippen LogP contribution in [-0.4, -0.2) is 35.7 Å². The van der Waals surface area contributed by atoms with Crippen LogP contribution in [0, 0.1) is 6.92 Å². The molecule has 1 aliphatic heterocycles. The molecule has 0 fully saturated rings. The highest BCUT2D eigenvalue weighted by Crippen LogP contribution is 2.37. The number of hydrogen-bond donors (Lipinski definition) is 0. The zero-order chi connectivity index (χ0) is 17.3. The van der Waals surface area contributed by atoms with Gasteiger partial charge in [0.15, 0.2) is 6.67 Å². The molecule has 0 aliphatic carbocycles. The number of aromatic nitrogens is 1. The van der Waals surface area contributed by atoms with E-state index in [0.717, 1.165) is 17.8 Å². The second kappa shape index (κ2) is 6.43. The summed E-state index contributed by atoms with van der Waals surface area (Å²) in [5.74, 6) is -4.58. The highest BCUT2D eigenvalue weighted by atomic mass is 32.1. The average molecular weight is 356 g/mol. The average Bonchev–Trinajstić information content (AvgIpc) is 3.21. The fraction of sp³-hybridized carbons (Fsp3) is 0.375. The van der Waals surface area contributed by atoms with E-state index < -0.39 is 18.4 Å². The molecule has 2 aromatic rings. The van der Waals surface area contributed by atoms with Crippen molar-refractivity contribution in [1.82, 2.24) is 10.1 Å². The Morgan fingerprint density at radius 1 is 1.42 bits per heavy atom. The molecule has 0 atom stereocenters. The highest BCUT2D eigenvalue weighted by Gasteiger charge is 2.39. The number of rotatable bonds is 4. The standard InChI is InChI=1S/C16H15F3N2O2S/c1-10-13(20-23-14(10)16(18,19)9-17)11-5-6-12(24-11)15(22)21-7-3-2-4-8-21/h2-3,5-6H,4,7-9H2,1H3. The third kappa shape index (κ3) is 2.98. The van der Waals surface area contributed by atoms with Crippen molar-refractivity contribution in [3.8, 4) is 10.6 Å². The number of nitrogens with zero attached hydrogens (tertiary/aromatic N) is 2. The number of amides is 1. The van der Waals surface area contributed by atoms with Gasteiger partial charge in [-0.15, -0.1) is 11.3 Å². The summed E-state index contributed by atoms with van der Waals surface area (Å²) in [6.07, 6.45) is 4.77. The van der Waals surface area contributed by atoms with E-state index in [1.165, 1.54) is 6.92 Å². The Morgan fingerprint density at radius 2 is 2.21 bits per heavy atom. The molecule has 2 aromatic heterocycles. The largest absolute Gasteiger partial charge is 0.354 e. The van der Waals surface area contributed by atoms with E-state index in [4.69, 9.17) is 0 Å². The molecule has 0 radical (unpaired) electrons. The van der Waals surface area contributed by atoms with Gasteiger partial charge in [0.1, 0.15) is 5.69 Å². The van der Waals surface area contributed by atoms with Gasteiger partial charge >= 0.3 is 5.92 Å². The van der Waals surface area contributed by atoms with E-state index in [-0.39, 0.29) is 17.2 Å². The third-order valence-corrected chi connectivity index (χ3v) is 4.90. The molecular formula is C16H15F3N2O2S. The number of alkyl halides is 3. The van der Waals surface area contributed by atoms with E-state index in [2.05, 4.69) is 9.68 Å². The number of halogens is 3. The minimum absolute atomic E-state index is 0.0828. The molecule has 24 heavy (non-hydrogen) atoms. The molecule has 0 saturated heterocycles. The van der Waals surface area contributed by atoms with Crippen molar-refractivity contribution < 1.29 is 22.5 Å². The number of thiophene rings is 1. The molecule has 0 bridgehead atoms. The van der Waals surface area contributed by atoms with Gasteiger partial charge in [-0.3, -0.25) is 4.79 Å². The second-order valence-corrected chi connectivity index (χ2v) is 6.58. The zero-order valence-corrected chi connectivity index (χ0v) is 13.7. The lowest BCUT2D eigenvalue weighted by Crippen LogP contribution is -2.33. The lowest BCUT2D eigenvalue weighted by atomic mass is 10.1. The summed E-state index contributed by atoms with van der Waals surface area (Å²) in [5, 5.41) is 3.64. The molecule has 4 nitrogen and oxygen atoms in total. The van der Waals surface area contributed by atoms with Crippen LogP contribution in [-0.2, 0) is 5.92 Å². The van der Waals surface area contributed by atoms with Crippen LogP contribution in [0.1, 0.15) is 27.4 Å². The van der Waals surface area contributed by atoms with E-state index in [1.54, 1.807) is 17.0 Å². The van der Waals surface area contributed by atoms with Crippen molar-refractivity contribution in [3.05, 3.63) is 40.5 Å². The first-order chi connectivity index (χ1) is 11.4. The predicted molar refractivity (Wildman–Crippen MR) is 84.1 cm³/mol. The summed E-state index contributed by atoms with van der Waals surface area (Å²) >= 11 is 1.16. The van der Waals surface area contributed by atoms with Crippen LogP contribution in [0.3, 0.4) is 0 Å². The van der Waals surface area contributed by atoms with Crippen molar-refractivity contribution >= 4 is 17.2 Å². The maximum atomic E-state index is 13.5. The van der Waals surface area contributed by atoms with E-state index >= 15 is 0 Å². The monoisotopic (exact) mass is 356 g/mol. The maximum absolute atomic E-state index is 13.5. The molecule has 8 heteroatoms. The summed E-state index contributed by atoms with van der Waals surface area (Å²) in [6, 6.07) is 3.28. The summed E-state index contributed by atoms with van der Waals surface area (Å²) in [5.41, 5.74) is 0.292. The minimum atomic E-state index is -3.70. The Hall–Kier alpha value is -2.09. The molecule has 0 unspecified atom stereocenters. The molecule has 0 aromatic carbocycles. The Morgan fingerprint density at radius 3 is 2.88 bits per heavy atom. The molecular weight excluding hydrogens is 341 g/mol. The minimum Gasteiger partial charge on any atom is -0.354 e. The van der Waals surface area contributed by atoms with Gasteiger partial charge in [-0.2, -0.15) is 8.78 Å². The van der Waals surface area contributed by atoms with Gasteiger partial charge in [0.2, 0.25) is 5.76 Å². The van der Waals surface area contributed by atoms with Gasteiger partial charge in [-0.25, -0.2) is 4.39 Å². The summed E-state index contributed by atoms with van der Waals surface area (Å²) in [7, 11) is 0. The summed E-state index contributed by atoms with van der Waals surface area (Å²) in [4.78, 5) is 15.2. The molecule has 0 saturated carbocycles. The van der Waals surface area contributed by atoms with Crippen molar-refractivity contribution in [3.63, 3.8) is 0 Å². The molecule has 3 rings (SSSR count). The van der Waals surface area contributed by atoms with Gasteiger partial charge in [-0.1, -0.05) is 17.3 Å². The number of carbonyl (C=O) groups is 1. The maximum Gasteiger partial charge on any atom is 0.335 e. The highest BCUT2D eigenvalue weighted by molar-refractivity contribution is 7.17. The van der Waals surface area contributed by atoms with Gasteiger partial charge in [0.05, 0.1) is 9.75 Å². The predicted octanol–water partition coefficient (Wildman–Crippen LogP) is 4.17. The topological polar surface area (TPSA) is 46.3 Å². The summed E-state index contributed by atoms with van der Waals surface area (Å²) in [6.45, 7) is 0.765. The summed E-state index contributed by atoms with van der Waals surface area (Å²) < 4.78 is 44.1. The molecule has 1 amide bonds. The van der Waals surface area contributed by atoms with Crippen LogP contribution >= 0.6 is 11.3 Å². The number of hydrogen-bond acceptors (Lipinski definition) is 4. The third-order valence-electron chi connectivity index (χ3n) is 3.82. The van der Waals surface area contributed by atoms with Crippen LogP contribution in [0.15, 0.2) is 28.8 Å². The molecule has 3 heterocycles. The first kappa shape index (κ1) is 16.8. The Bertz CT molecular complexity index is 782. The van der Waals surface area contributed by atoms with Crippen LogP contribution in [0.25, 0.3) is 10.6 Å². The first-order valence-electron chi connectivity index (χ1n) is 7.39. The van der Waals surface area contributed by atoms with Gasteiger partial charge in [-0.05, 0) is 25.5 Å². The lowest BCUT2D eigenvalue weighted by Gasteiger charge is -2.22. The molecule has 0 N–H and O–H groups in total.